The molecule has 0 fully saturated rings. The molecule has 0 aliphatic heterocycles. The predicted molar refractivity (Wildman–Crippen MR) is 127 cm³/mol. The average molecular weight is 429 g/mol. The van der Waals surface area contributed by atoms with E-state index in [-0.39, 0.29) is 0 Å². The molecular weight excluding hydrogens is 377 g/mol. The zero-order valence-corrected chi connectivity index (χ0v) is 21.3. The molecular formula is C25H51NO2P+. The molecule has 0 aliphatic rings. The predicted octanol–water partition coefficient (Wildman–Crippen LogP) is 7.72. The lowest BCUT2D eigenvalue weighted by molar-refractivity contribution is -0.910. The molecule has 2 unspecified atom stereocenters. The smallest absolute Gasteiger partial charge is 0.376 e. The fraction of sp³-hybridized carbons (Fsp3) is 0.920. The van der Waals surface area contributed by atoms with Crippen molar-refractivity contribution in [3.8, 4) is 0 Å². The van der Waals surface area contributed by atoms with Crippen LogP contribution in [0.5, 0.6) is 0 Å². The Balaban J connectivity index is 3.77. The molecule has 0 spiro atoms. The van der Waals surface area contributed by atoms with Crippen LogP contribution in [-0.2, 0) is 4.57 Å². The molecule has 0 heterocycles. The topological polar surface area (TPSA) is 40.1 Å². The van der Waals surface area contributed by atoms with Crippen molar-refractivity contribution in [1.82, 2.24) is 0 Å². The van der Waals surface area contributed by atoms with Crippen LogP contribution < -0.4 is 4.89 Å². The molecule has 0 aromatic rings. The molecule has 2 atom stereocenters. The van der Waals surface area contributed by atoms with Crippen LogP contribution in [0.4, 0.5) is 0 Å². The summed E-state index contributed by atoms with van der Waals surface area (Å²) in [5.41, 5.74) is 0. The molecule has 0 N–H and O–H groups in total. The number of unbranched alkanes of at least 4 members (excludes halogenated alkanes) is 12. The Labute approximate surface area is 183 Å². The van der Waals surface area contributed by atoms with Crippen molar-refractivity contribution in [2.24, 2.45) is 0 Å². The first-order valence-electron chi connectivity index (χ1n) is 12.4. The van der Waals surface area contributed by atoms with Gasteiger partial charge in [0.25, 0.3) is 5.28 Å². The SMILES string of the molecule is CCCCCCCCCC=CCCCCCCCC(CCC)([P+](=O)[O-])[N+](C)(C)C. The number of nitrogens with zero attached hydrogens (tertiary/aromatic N) is 1. The van der Waals surface area contributed by atoms with Crippen LogP contribution in [0.1, 0.15) is 123 Å². The summed E-state index contributed by atoms with van der Waals surface area (Å²) in [6, 6.07) is 0. The van der Waals surface area contributed by atoms with Crippen LogP contribution >= 0.6 is 8.03 Å². The number of allylic oxidation sites excluding steroid dienone is 2. The Morgan fingerprint density at radius 2 is 1.14 bits per heavy atom. The molecule has 0 saturated carbocycles. The first-order valence-corrected chi connectivity index (χ1v) is 13.6. The van der Waals surface area contributed by atoms with Gasteiger partial charge in [-0.3, -0.25) is 4.48 Å². The summed E-state index contributed by atoms with van der Waals surface area (Å²) < 4.78 is 12.6. The summed E-state index contributed by atoms with van der Waals surface area (Å²) in [6.07, 6.45) is 25.3. The minimum atomic E-state index is -2.42. The van der Waals surface area contributed by atoms with E-state index in [2.05, 4.69) is 26.0 Å². The molecule has 0 radical (unpaired) electrons. The van der Waals surface area contributed by atoms with Gasteiger partial charge in [-0.15, -0.1) is 0 Å². The maximum absolute atomic E-state index is 12.1. The van der Waals surface area contributed by atoms with E-state index in [1.165, 1.54) is 77.0 Å². The highest BCUT2D eigenvalue weighted by molar-refractivity contribution is 7.38. The molecule has 0 bridgehead atoms. The van der Waals surface area contributed by atoms with Crippen molar-refractivity contribution in [3.63, 3.8) is 0 Å². The number of quaternary nitrogens is 1. The van der Waals surface area contributed by atoms with E-state index < -0.39 is 13.3 Å². The van der Waals surface area contributed by atoms with E-state index in [9.17, 15) is 9.46 Å². The zero-order chi connectivity index (χ0) is 22.0. The maximum Gasteiger partial charge on any atom is 0.376 e. The highest BCUT2D eigenvalue weighted by Crippen LogP contribution is 2.45. The van der Waals surface area contributed by atoms with Crippen molar-refractivity contribution in [1.29, 1.82) is 0 Å². The van der Waals surface area contributed by atoms with Gasteiger partial charge in [-0.25, -0.2) is 0 Å². The summed E-state index contributed by atoms with van der Waals surface area (Å²) in [4.78, 5) is 12.1. The standard InChI is InChI=1S/C25H51NO2P/c1-6-8-9-10-11-12-13-14-15-16-17-18-19-20-21-22-24-25(23-7-2,29(27)28)26(3,4)5/h15-16H,6-14,17-24H2,1-5H3/q+1. The third kappa shape index (κ3) is 12.9. The molecule has 0 aromatic heterocycles. The first-order chi connectivity index (χ1) is 13.8. The molecule has 0 saturated heterocycles. The van der Waals surface area contributed by atoms with Gasteiger partial charge >= 0.3 is 8.03 Å². The molecule has 3 nitrogen and oxygen atoms in total. The molecule has 0 rings (SSSR count). The third-order valence-electron chi connectivity index (χ3n) is 6.33. The van der Waals surface area contributed by atoms with Gasteiger partial charge in [-0.2, -0.15) is 0 Å². The van der Waals surface area contributed by atoms with Gasteiger partial charge in [0.05, 0.1) is 21.1 Å². The number of hydrogen-bond donors (Lipinski definition) is 0. The summed E-state index contributed by atoms with van der Waals surface area (Å²) >= 11 is 0. The van der Waals surface area contributed by atoms with Crippen LogP contribution in [0.2, 0.25) is 0 Å². The molecule has 29 heavy (non-hydrogen) atoms. The van der Waals surface area contributed by atoms with Crippen molar-refractivity contribution in [2.45, 2.75) is 128 Å². The van der Waals surface area contributed by atoms with Crippen molar-refractivity contribution in [3.05, 3.63) is 12.2 Å². The van der Waals surface area contributed by atoms with Gasteiger partial charge in [0, 0.05) is 12.8 Å². The Kier molecular flexibility index (Phi) is 17.3. The minimum absolute atomic E-state index is 0.517. The van der Waals surface area contributed by atoms with Gasteiger partial charge < -0.3 is 4.89 Å². The van der Waals surface area contributed by atoms with Gasteiger partial charge in [0.1, 0.15) is 0 Å². The van der Waals surface area contributed by atoms with Crippen molar-refractivity contribution >= 4 is 8.03 Å². The first kappa shape index (κ1) is 28.8. The van der Waals surface area contributed by atoms with Gasteiger partial charge in [0.15, 0.2) is 0 Å². The Hall–Kier alpha value is -0.240. The highest BCUT2D eigenvalue weighted by atomic mass is 31.1. The van der Waals surface area contributed by atoms with Crippen LogP contribution in [-0.4, -0.2) is 30.9 Å². The van der Waals surface area contributed by atoms with Gasteiger partial charge in [-0.05, 0) is 38.5 Å². The lowest BCUT2D eigenvalue weighted by Crippen LogP contribution is -2.55. The molecule has 0 aliphatic carbocycles. The zero-order valence-electron chi connectivity index (χ0n) is 20.4. The quantitative estimate of drug-likeness (QED) is 0.0861. The molecule has 0 amide bonds. The fourth-order valence-corrected chi connectivity index (χ4v) is 5.52. The molecule has 4 heteroatoms. The summed E-state index contributed by atoms with van der Waals surface area (Å²) in [6.45, 7) is 4.36. The lowest BCUT2D eigenvalue weighted by Gasteiger charge is -2.39. The Bertz CT molecular complexity index is 431. The normalized spacial score (nSPS) is 15.0. The number of rotatable bonds is 20. The average Bonchev–Trinajstić information content (AvgIpc) is 2.65. The largest absolute Gasteiger partial charge is 0.590 e. The van der Waals surface area contributed by atoms with Crippen LogP contribution in [0.15, 0.2) is 12.2 Å². The molecule has 172 valence electrons. The minimum Gasteiger partial charge on any atom is -0.590 e. The Morgan fingerprint density at radius 1 is 0.690 bits per heavy atom. The van der Waals surface area contributed by atoms with Crippen molar-refractivity contribution < 1.29 is 13.9 Å². The lowest BCUT2D eigenvalue weighted by atomic mass is 9.99. The van der Waals surface area contributed by atoms with Gasteiger partial charge in [0.2, 0.25) is 0 Å². The van der Waals surface area contributed by atoms with E-state index >= 15 is 0 Å². The molecule has 0 aromatic carbocycles. The maximum atomic E-state index is 12.1. The van der Waals surface area contributed by atoms with E-state index in [1.54, 1.807) is 0 Å². The van der Waals surface area contributed by atoms with Crippen LogP contribution in [0.25, 0.3) is 0 Å². The Morgan fingerprint density at radius 3 is 1.55 bits per heavy atom. The summed E-state index contributed by atoms with van der Waals surface area (Å²) in [5.74, 6) is 0. The van der Waals surface area contributed by atoms with Crippen LogP contribution in [0, 0.1) is 0 Å². The highest BCUT2D eigenvalue weighted by Gasteiger charge is 2.53. The van der Waals surface area contributed by atoms with Crippen molar-refractivity contribution in [2.75, 3.05) is 21.1 Å². The second-order valence-corrected chi connectivity index (χ2v) is 11.0. The monoisotopic (exact) mass is 428 g/mol. The fourth-order valence-electron chi connectivity index (χ4n) is 4.28. The summed E-state index contributed by atoms with van der Waals surface area (Å²) in [7, 11) is 3.66. The van der Waals surface area contributed by atoms with E-state index in [0.717, 1.165) is 32.1 Å². The van der Waals surface area contributed by atoms with Crippen LogP contribution in [0.3, 0.4) is 0 Å². The second kappa shape index (κ2) is 17.4. The number of hydrogen-bond acceptors (Lipinski definition) is 2. The van der Waals surface area contributed by atoms with Gasteiger partial charge in [-0.1, -0.05) is 88.4 Å². The second-order valence-electron chi connectivity index (χ2n) is 9.69. The third-order valence-corrected chi connectivity index (χ3v) is 8.05. The van der Waals surface area contributed by atoms with E-state index in [4.69, 9.17) is 0 Å². The summed E-state index contributed by atoms with van der Waals surface area (Å²) in [5, 5.41) is -0.594. The van der Waals surface area contributed by atoms with E-state index in [1.807, 2.05) is 21.1 Å². The van der Waals surface area contributed by atoms with E-state index in [0.29, 0.717) is 4.48 Å².